The molecular weight excluding hydrogens is 633 g/mol. The number of carbonyl (C=O) groups excluding carboxylic acids is 1. The summed E-state index contributed by atoms with van der Waals surface area (Å²) in [6.07, 6.45) is 3.63. The zero-order valence-corrected chi connectivity index (χ0v) is 27.6. The Morgan fingerprint density at radius 2 is 1.96 bits per heavy atom. The second kappa shape index (κ2) is 12.7. The van der Waals surface area contributed by atoms with Gasteiger partial charge in [0.2, 0.25) is 5.95 Å². The fraction of sp³-hybridized carbons (Fsp3) is 0.364. The van der Waals surface area contributed by atoms with E-state index in [1.54, 1.807) is 13.1 Å². The fourth-order valence-electron chi connectivity index (χ4n) is 6.11. The highest BCUT2D eigenvalue weighted by atomic mass is 35.5. The summed E-state index contributed by atoms with van der Waals surface area (Å²) in [6, 6.07) is 9.42. The molecule has 2 N–H and O–H groups in total. The number of aromatic nitrogens is 2. The number of carbonyl (C=O) groups is 1. The van der Waals surface area contributed by atoms with Crippen LogP contribution in [0.5, 0.6) is 5.75 Å². The van der Waals surface area contributed by atoms with Crippen LogP contribution in [0.4, 0.5) is 16.0 Å². The van der Waals surface area contributed by atoms with Crippen LogP contribution in [-0.4, -0.2) is 62.0 Å². The van der Waals surface area contributed by atoms with Gasteiger partial charge in [0, 0.05) is 40.7 Å². The predicted octanol–water partition coefficient (Wildman–Crippen LogP) is 6.26. The molecule has 0 saturated carbocycles. The quantitative estimate of drug-likeness (QED) is 0.210. The van der Waals surface area contributed by atoms with E-state index < -0.39 is 27.9 Å². The lowest BCUT2D eigenvalue weighted by molar-refractivity contribution is -0.147. The van der Waals surface area contributed by atoms with Gasteiger partial charge in [-0.3, -0.25) is 9.52 Å². The van der Waals surface area contributed by atoms with Crippen LogP contribution in [0.1, 0.15) is 49.5 Å². The van der Waals surface area contributed by atoms with Gasteiger partial charge in [-0.1, -0.05) is 18.5 Å². The standard InChI is InChI=1S/C33H35ClFN5O5S/c1-5-20-12-21(13-22-16-36-33(38-31(20)22)37-24-8-10-40(4)11-9-24)30-18(2)27(7-6-26(30)35)39-46(42,43)29-15-23(34)14-25-28(45-19(3)41)17-44-32(25)29/h6-7,12-16,24,28,39H,5,8-11,17H2,1-4H3,(H,36,37,38)/t28-/m0/s1. The topological polar surface area (TPSA) is 123 Å². The van der Waals surface area contributed by atoms with E-state index in [0.29, 0.717) is 35.1 Å². The van der Waals surface area contributed by atoms with Crippen LogP contribution in [0.25, 0.3) is 22.0 Å². The number of hydrogen-bond donors (Lipinski definition) is 2. The van der Waals surface area contributed by atoms with Gasteiger partial charge in [-0.05, 0) is 99.4 Å². The number of ether oxygens (including phenoxy) is 2. The molecule has 2 aliphatic rings. The highest BCUT2D eigenvalue weighted by Crippen LogP contribution is 2.43. The lowest BCUT2D eigenvalue weighted by atomic mass is 9.94. The third kappa shape index (κ3) is 6.33. The van der Waals surface area contributed by atoms with E-state index in [0.717, 1.165) is 42.4 Å². The lowest BCUT2D eigenvalue weighted by Crippen LogP contribution is -2.37. The van der Waals surface area contributed by atoms with Crippen LogP contribution < -0.4 is 14.8 Å². The second-order valence-electron chi connectivity index (χ2n) is 11.8. The van der Waals surface area contributed by atoms with E-state index in [1.807, 2.05) is 19.1 Å². The summed E-state index contributed by atoms with van der Waals surface area (Å²) in [7, 11) is -2.15. The molecule has 0 aliphatic carbocycles. The number of likely N-dealkylation sites (tertiary alicyclic amines) is 1. The molecule has 1 fully saturated rings. The number of esters is 1. The van der Waals surface area contributed by atoms with Crippen LogP contribution in [0, 0.1) is 12.7 Å². The molecule has 46 heavy (non-hydrogen) atoms. The monoisotopic (exact) mass is 667 g/mol. The maximum Gasteiger partial charge on any atom is 0.303 e. The van der Waals surface area contributed by atoms with Crippen LogP contribution >= 0.6 is 11.6 Å². The van der Waals surface area contributed by atoms with Gasteiger partial charge in [0.25, 0.3) is 10.0 Å². The summed E-state index contributed by atoms with van der Waals surface area (Å²) in [5.74, 6) is -0.414. The Bertz CT molecular complexity index is 1950. The largest absolute Gasteiger partial charge is 0.487 e. The van der Waals surface area contributed by atoms with Gasteiger partial charge in [0.1, 0.15) is 23.1 Å². The van der Waals surface area contributed by atoms with Crippen molar-refractivity contribution in [3.63, 3.8) is 0 Å². The number of nitrogens with one attached hydrogen (secondary N) is 2. The molecule has 0 amide bonds. The molecule has 242 valence electrons. The van der Waals surface area contributed by atoms with Gasteiger partial charge < -0.3 is 19.7 Å². The first kappa shape index (κ1) is 32.0. The number of hydrogen-bond acceptors (Lipinski definition) is 9. The van der Waals surface area contributed by atoms with Gasteiger partial charge in [-0.25, -0.2) is 22.8 Å². The molecule has 1 saturated heterocycles. The number of nitrogens with zero attached hydrogens (tertiary/aromatic N) is 3. The SMILES string of the molecule is CCc1cc(-c2c(F)ccc(NS(=O)(=O)c3cc(Cl)cc4c3OC[C@@H]4OC(C)=O)c2C)cc2cnc(NC3CCN(C)CC3)nc12. The molecule has 2 aliphatic heterocycles. The number of fused-ring (bicyclic) bond motifs is 2. The Labute approximate surface area is 272 Å². The van der Waals surface area contributed by atoms with Crippen molar-refractivity contribution in [2.24, 2.45) is 0 Å². The first-order valence-electron chi connectivity index (χ1n) is 15.1. The third-order valence-corrected chi connectivity index (χ3v) is 10.1. The molecule has 0 radical (unpaired) electrons. The second-order valence-corrected chi connectivity index (χ2v) is 13.9. The van der Waals surface area contributed by atoms with Crippen molar-refractivity contribution >= 4 is 50.1 Å². The minimum absolute atomic E-state index is 0.0430. The predicted molar refractivity (Wildman–Crippen MR) is 175 cm³/mol. The van der Waals surface area contributed by atoms with Gasteiger partial charge in [-0.2, -0.15) is 0 Å². The van der Waals surface area contributed by atoms with Crippen LogP contribution in [0.3, 0.4) is 0 Å². The highest BCUT2D eigenvalue weighted by molar-refractivity contribution is 7.92. The minimum Gasteiger partial charge on any atom is -0.487 e. The summed E-state index contributed by atoms with van der Waals surface area (Å²) in [4.78, 5) is 23.0. The molecule has 0 spiro atoms. The van der Waals surface area contributed by atoms with Crippen molar-refractivity contribution in [3.8, 4) is 16.9 Å². The Morgan fingerprint density at radius 1 is 1.20 bits per heavy atom. The number of rotatable bonds is 8. The molecule has 1 aromatic heterocycles. The molecule has 1 atom stereocenters. The summed E-state index contributed by atoms with van der Waals surface area (Å²) in [6.45, 7) is 6.91. The number of piperidine rings is 1. The smallest absolute Gasteiger partial charge is 0.303 e. The van der Waals surface area contributed by atoms with Gasteiger partial charge >= 0.3 is 5.97 Å². The van der Waals surface area contributed by atoms with E-state index >= 15 is 4.39 Å². The molecule has 10 nitrogen and oxygen atoms in total. The molecule has 3 aromatic carbocycles. The molecule has 0 bridgehead atoms. The van der Waals surface area contributed by atoms with E-state index in [2.05, 4.69) is 27.0 Å². The van der Waals surface area contributed by atoms with E-state index in [9.17, 15) is 13.2 Å². The zero-order valence-electron chi connectivity index (χ0n) is 26.0. The number of benzene rings is 3. The number of sulfonamides is 1. The molecule has 3 heterocycles. The maximum absolute atomic E-state index is 15.5. The van der Waals surface area contributed by atoms with Crippen molar-refractivity contribution in [2.75, 3.05) is 36.8 Å². The first-order chi connectivity index (χ1) is 21.9. The van der Waals surface area contributed by atoms with Gasteiger partial charge in [0.05, 0.1) is 11.2 Å². The van der Waals surface area contributed by atoms with Crippen molar-refractivity contribution in [2.45, 2.75) is 57.1 Å². The summed E-state index contributed by atoms with van der Waals surface area (Å²) < 4.78 is 56.5. The molecule has 0 unspecified atom stereocenters. The molecular formula is C33H35ClFN5O5S. The van der Waals surface area contributed by atoms with Crippen LogP contribution in [-0.2, 0) is 26.0 Å². The Kier molecular flexibility index (Phi) is 8.79. The fourth-order valence-corrected chi connectivity index (χ4v) is 7.73. The lowest BCUT2D eigenvalue weighted by Gasteiger charge is -2.29. The number of halogens is 2. The average molecular weight is 668 g/mol. The summed E-state index contributed by atoms with van der Waals surface area (Å²) in [5, 5.41) is 4.35. The summed E-state index contributed by atoms with van der Waals surface area (Å²) >= 11 is 6.28. The Balaban J connectivity index is 1.33. The minimum atomic E-state index is -4.27. The van der Waals surface area contributed by atoms with Crippen LogP contribution in [0.2, 0.25) is 5.02 Å². The molecule has 4 aromatic rings. The van der Waals surface area contributed by atoms with Crippen LogP contribution in [0.15, 0.2) is 47.5 Å². The average Bonchev–Trinajstić information content (AvgIpc) is 3.40. The zero-order chi connectivity index (χ0) is 32.7. The third-order valence-electron chi connectivity index (χ3n) is 8.51. The van der Waals surface area contributed by atoms with Crippen molar-refractivity contribution in [3.05, 3.63) is 70.1 Å². The van der Waals surface area contributed by atoms with Gasteiger partial charge in [0.15, 0.2) is 6.10 Å². The van der Waals surface area contributed by atoms with E-state index in [1.165, 1.54) is 31.2 Å². The Hall–Kier alpha value is -4.00. The van der Waals surface area contributed by atoms with Crippen molar-refractivity contribution < 1.29 is 27.1 Å². The van der Waals surface area contributed by atoms with Crippen molar-refractivity contribution in [1.82, 2.24) is 14.9 Å². The number of anilines is 2. The summed E-state index contributed by atoms with van der Waals surface area (Å²) in [5.41, 5.74) is 3.47. The molecule has 13 heteroatoms. The first-order valence-corrected chi connectivity index (χ1v) is 17.0. The highest BCUT2D eigenvalue weighted by Gasteiger charge is 2.34. The van der Waals surface area contributed by atoms with Gasteiger partial charge in [-0.15, -0.1) is 0 Å². The van der Waals surface area contributed by atoms with E-state index in [-0.39, 0.29) is 33.5 Å². The van der Waals surface area contributed by atoms with Crippen molar-refractivity contribution in [1.29, 1.82) is 0 Å². The van der Waals surface area contributed by atoms with E-state index in [4.69, 9.17) is 26.1 Å². The maximum atomic E-state index is 15.5. The molecule has 6 rings (SSSR count). The Morgan fingerprint density at radius 3 is 2.67 bits per heavy atom. The normalized spacial score (nSPS) is 17.0. The number of aryl methyl sites for hydroxylation is 1.